The molecule has 0 aliphatic carbocycles. The van der Waals surface area contributed by atoms with Gasteiger partial charge in [-0.1, -0.05) is 18.6 Å². The van der Waals surface area contributed by atoms with E-state index >= 15 is 0 Å². The average molecular weight is 262 g/mol. The number of likely N-dealkylation sites (N-methyl/N-ethyl adjacent to an activating group) is 1. The van der Waals surface area contributed by atoms with Gasteiger partial charge in [0.15, 0.2) is 0 Å². The standard InChI is InChI=1S/C16H26N2O/c1-16(9-4-5-10-17-16)13-18(2)12-14-7-6-8-15(11-14)19-3/h6-8,11,17H,4-5,9-10,12-13H2,1-3H3. The molecule has 1 aliphatic rings. The van der Waals surface area contributed by atoms with Gasteiger partial charge < -0.3 is 15.0 Å². The first kappa shape index (κ1) is 14.4. The zero-order valence-electron chi connectivity index (χ0n) is 12.4. The highest BCUT2D eigenvalue weighted by Gasteiger charge is 2.27. The summed E-state index contributed by atoms with van der Waals surface area (Å²) in [7, 11) is 3.91. The van der Waals surface area contributed by atoms with Crippen LogP contribution in [0.15, 0.2) is 24.3 Å². The van der Waals surface area contributed by atoms with Gasteiger partial charge in [0.1, 0.15) is 5.75 Å². The van der Waals surface area contributed by atoms with Crippen molar-refractivity contribution in [2.45, 2.75) is 38.3 Å². The lowest BCUT2D eigenvalue weighted by Gasteiger charge is -2.38. The number of benzene rings is 1. The Hall–Kier alpha value is -1.06. The molecule has 0 spiro atoms. The van der Waals surface area contributed by atoms with Crippen LogP contribution in [-0.2, 0) is 6.54 Å². The van der Waals surface area contributed by atoms with Gasteiger partial charge in [0.05, 0.1) is 7.11 Å². The summed E-state index contributed by atoms with van der Waals surface area (Å²) in [5.74, 6) is 0.938. The Morgan fingerprint density at radius 1 is 1.37 bits per heavy atom. The molecule has 1 saturated heterocycles. The molecule has 3 nitrogen and oxygen atoms in total. The number of methoxy groups -OCH3 is 1. The van der Waals surface area contributed by atoms with Crippen molar-refractivity contribution in [1.82, 2.24) is 10.2 Å². The first-order valence-corrected chi connectivity index (χ1v) is 7.18. The average Bonchev–Trinajstić information content (AvgIpc) is 2.39. The summed E-state index contributed by atoms with van der Waals surface area (Å²) in [5.41, 5.74) is 1.58. The Balaban J connectivity index is 1.91. The van der Waals surface area contributed by atoms with Gasteiger partial charge in [-0.2, -0.15) is 0 Å². The third-order valence-electron chi connectivity index (χ3n) is 3.91. The predicted octanol–water partition coefficient (Wildman–Crippen LogP) is 2.66. The minimum atomic E-state index is 0.270. The number of hydrogen-bond acceptors (Lipinski definition) is 3. The van der Waals surface area contributed by atoms with Gasteiger partial charge in [0, 0.05) is 18.6 Å². The molecule has 1 heterocycles. The zero-order valence-corrected chi connectivity index (χ0v) is 12.4. The first-order chi connectivity index (χ1) is 9.11. The lowest BCUT2D eigenvalue weighted by atomic mass is 9.90. The van der Waals surface area contributed by atoms with Crippen LogP contribution in [0.2, 0.25) is 0 Å². The zero-order chi connectivity index (χ0) is 13.7. The van der Waals surface area contributed by atoms with E-state index in [-0.39, 0.29) is 5.54 Å². The van der Waals surface area contributed by atoms with E-state index in [0.29, 0.717) is 0 Å². The van der Waals surface area contributed by atoms with Crippen molar-refractivity contribution in [3.63, 3.8) is 0 Å². The molecule has 106 valence electrons. The molecule has 0 radical (unpaired) electrons. The Kier molecular flexibility index (Phi) is 4.83. The molecule has 1 aliphatic heterocycles. The highest BCUT2D eigenvalue weighted by Crippen LogP contribution is 2.21. The number of ether oxygens (including phenoxy) is 1. The van der Waals surface area contributed by atoms with Gasteiger partial charge in [-0.3, -0.25) is 0 Å². The molecule has 0 amide bonds. The van der Waals surface area contributed by atoms with Crippen LogP contribution in [0.25, 0.3) is 0 Å². The fourth-order valence-corrected chi connectivity index (χ4v) is 2.99. The monoisotopic (exact) mass is 262 g/mol. The third kappa shape index (κ3) is 4.22. The molecule has 1 fully saturated rings. The van der Waals surface area contributed by atoms with E-state index in [1.807, 2.05) is 6.07 Å². The number of nitrogens with one attached hydrogen (secondary N) is 1. The summed E-state index contributed by atoms with van der Waals surface area (Å²) in [6.07, 6.45) is 3.93. The van der Waals surface area contributed by atoms with Crippen molar-refractivity contribution in [3.05, 3.63) is 29.8 Å². The first-order valence-electron chi connectivity index (χ1n) is 7.18. The predicted molar refractivity (Wildman–Crippen MR) is 79.6 cm³/mol. The van der Waals surface area contributed by atoms with Crippen molar-refractivity contribution >= 4 is 0 Å². The van der Waals surface area contributed by atoms with E-state index in [1.54, 1.807) is 7.11 Å². The van der Waals surface area contributed by atoms with Crippen molar-refractivity contribution < 1.29 is 4.74 Å². The van der Waals surface area contributed by atoms with E-state index in [0.717, 1.165) is 25.4 Å². The van der Waals surface area contributed by atoms with Crippen LogP contribution in [0.5, 0.6) is 5.75 Å². The Morgan fingerprint density at radius 3 is 2.89 bits per heavy atom. The lowest BCUT2D eigenvalue weighted by Crippen LogP contribution is -2.52. The molecule has 1 unspecified atom stereocenters. The summed E-state index contributed by atoms with van der Waals surface area (Å²) < 4.78 is 5.28. The summed E-state index contributed by atoms with van der Waals surface area (Å²) in [6.45, 7) is 5.55. The third-order valence-corrected chi connectivity index (χ3v) is 3.91. The van der Waals surface area contributed by atoms with Crippen molar-refractivity contribution in [2.24, 2.45) is 0 Å². The van der Waals surface area contributed by atoms with Crippen LogP contribution in [0.4, 0.5) is 0 Å². The highest BCUT2D eigenvalue weighted by atomic mass is 16.5. The summed E-state index contributed by atoms with van der Waals surface area (Å²) in [4.78, 5) is 2.40. The van der Waals surface area contributed by atoms with Crippen LogP contribution in [0, 0.1) is 0 Å². The summed E-state index contributed by atoms with van der Waals surface area (Å²) in [6, 6.07) is 8.33. The SMILES string of the molecule is COc1cccc(CN(C)CC2(C)CCCCN2)c1. The van der Waals surface area contributed by atoms with Crippen LogP contribution < -0.4 is 10.1 Å². The van der Waals surface area contributed by atoms with Crippen LogP contribution in [-0.4, -0.2) is 37.7 Å². The van der Waals surface area contributed by atoms with Crippen LogP contribution in [0.3, 0.4) is 0 Å². The maximum Gasteiger partial charge on any atom is 0.119 e. The lowest BCUT2D eigenvalue weighted by molar-refractivity contribution is 0.182. The number of nitrogens with zero attached hydrogens (tertiary/aromatic N) is 1. The fraction of sp³-hybridized carbons (Fsp3) is 0.625. The molecule has 1 N–H and O–H groups in total. The Morgan fingerprint density at radius 2 is 2.21 bits per heavy atom. The maximum absolute atomic E-state index is 5.28. The van der Waals surface area contributed by atoms with Gasteiger partial charge in [-0.15, -0.1) is 0 Å². The quantitative estimate of drug-likeness (QED) is 0.883. The molecular formula is C16H26N2O. The second-order valence-corrected chi connectivity index (χ2v) is 5.97. The minimum Gasteiger partial charge on any atom is -0.497 e. The van der Waals surface area contributed by atoms with E-state index in [4.69, 9.17) is 4.74 Å². The molecular weight excluding hydrogens is 236 g/mol. The molecule has 2 rings (SSSR count). The van der Waals surface area contributed by atoms with Gasteiger partial charge in [0.2, 0.25) is 0 Å². The molecule has 0 saturated carbocycles. The van der Waals surface area contributed by atoms with Crippen molar-refractivity contribution in [3.8, 4) is 5.75 Å². The molecule has 1 aromatic rings. The van der Waals surface area contributed by atoms with Gasteiger partial charge in [-0.05, 0) is 51.1 Å². The van der Waals surface area contributed by atoms with E-state index < -0.39 is 0 Å². The Labute approximate surface area is 116 Å². The second-order valence-electron chi connectivity index (χ2n) is 5.97. The number of rotatable bonds is 5. The Bertz CT molecular complexity index is 399. The molecule has 3 heteroatoms. The topological polar surface area (TPSA) is 24.5 Å². The molecule has 1 atom stereocenters. The van der Waals surface area contributed by atoms with E-state index in [1.165, 1.54) is 24.8 Å². The molecule has 0 bridgehead atoms. The fourth-order valence-electron chi connectivity index (χ4n) is 2.99. The minimum absolute atomic E-state index is 0.270. The number of hydrogen-bond donors (Lipinski definition) is 1. The van der Waals surface area contributed by atoms with Gasteiger partial charge >= 0.3 is 0 Å². The molecule has 19 heavy (non-hydrogen) atoms. The smallest absolute Gasteiger partial charge is 0.119 e. The molecule has 1 aromatic carbocycles. The van der Waals surface area contributed by atoms with Crippen LogP contribution in [0.1, 0.15) is 31.7 Å². The normalized spacial score (nSPS) is 23.6. The molecule has 0 aromatic heterocycles. The van der Waals surface area contributed by atoms with Gasteiger partial charge in [-0.25, -0.2) is 0 Å². The van der Waals surface area contributed by atoms with Crippen molar-refractivity contribution in [1.29, 1.82) is 0 Å². The van der Waals surface area contributed by atoms with Gasteiger partial charge in [0.25, 0.3) is 0 Å². The summed E-state index contributed by atoms with van der Waals surface area (Å²) >= 11 is 0. The largest absolute Gasteiger partial charge is 0.497 e. The van der Waals surface area contributed by atoms with E-state index in [9.17, 15) is 0 Å². The number of piperidine rings is 1. The second kappa shape index (κ2) is 6.40. The van der Waals surface area contributed by atoms with E-state index in [2.05, 4.69) is 42.4 Å². The maximum atomic E-state index is 5.28. The van der Waals surface area contributed by atoms with Crippen molar-refractivity contribution in [2.75, 3.05) is 27.2 Å². The summed E-state index contributed by atoms with van der Waals surface area (Å²) in [5, 5.41) is 3.67. The highest BCUT2D eigenvalue weighted by molar-refractivity contribution is 5.28. The van der Waals surface area contributed by atoms with Crippen LogP contribution >= 0.6 is 0 Å².